The number of ether oxygens (including phenoxy) is 1. The summed E-state index contributed by atoms with van der Waals surface area (Å²) < 4.78 is 36.5. The van der Waals surface area contributed by atoms with Crippen LogP contribution < -0.4 is 9.46 Å². The highest BCUT2D eigenvalue weighted by Gasteiger charge is 2.14. The maximum atomic E-state index is 12.0. The average molecular weight is 267 g/mol. The summed E-state index contributed by atoms with van der Waals surface area (Å²) in [4.78, 5) is 0.161. The largest absolute Gasteiger partial charge is 0.497 e. The van der Waals surface area contributed by atoms with Crippen molar-refractivity contribution < 1.29 is 17.6 Å². The van der Waals surface area contributed by atoms with E-state index in [1.165, 1.54) is 25.5 Å². The summed E-state index contributed by atoms with van der Waals surface area (Å²) in [6, 6.07) is 9.69. The zero-order valence-corrected chi connectivity index (χ0v) is 10.6. The number of methoxy groups -OCH3 is 1. The lowest BCUT2D eigenvalue weighted by atomic mass is 10.3. The molecule has 1 N–H and O–H groups in total. The zero-order chi connectivity index (χ0) is 13.0. The third kappa shape index (κ3) is 2.91. The lowest BCUT2D eigenvalue weighted by molar-refractivity contribution is 0.413. The van der Waals surface area contributed by atoms with Crippen LogP contribution in [0.1, 0.15) is 5.76 Å². The van der Waals surface area contributed by atoms with Crippen LogP contribution in [0.2, 0.25) is 0 Å². The van der Waals surface area contributed by atoms with Crippen molar-refractivity contribution in [2.75, 3.05) is 7.11 Å². The summed E-state index contributed by atoms with van der Waals surface area (Å²) in [5, 5.41) is 0. The van der Waals surface area contributed by atoms with Crippen molar-refractivity contribution in [3.05, 3.63) is 48.4 Å². The molecule has 18 heavy (non-hydrogen) atoms. The third-order valence-electron chi connectivity index (χ3n) is 2.37. The minimum Gasteiger partial charge on any atom is -0.497 e. The fraction of sp³-hybridized carbons (Fsp3) is 0.167. The molecule has 0 bridgehead atoms. The molecule has 5 nitrogen and oxygen atoms in total. The monoisotopic (exact) mass is 267 g/mol. The van der Waals surface area contributed by atoms with Crippen LogP contribution in [-0.2, 0) is 16.6 Å². The molecule has 0 fully saturated rings. The fourth-order valence-corrected chi connectivity index (χ4v) is 2.46. The Balaban J connectivity index is 2.14. The lowest BCUT2D eigenvalue weighted by Gasteiger charge is -2.06. The van der Waals surface area contributed by atoms with Crippen molar-refractivity contribution in [3.8, 4) is 5.75 Å². The highest BCUT2D eigenvalue weighted by Crippen LogP contribution is 2.17. The first-order valence-corrected chi connectivity index (χ1v) is 6.76. The topological polar surface area (TPSA) is 68.5 Å². The van der Waals surface area contributed by atoms with Crippen molar-refractivity contribution in [1.29, 1.82) is 0 Å². The molecule has 2 aromatic rings. The number of hydrogen-bond acceptors (Lipinski definition) is 4. The predicted octanol–water partition coefficient (Wildman–Crippen LogP) is 1.77. The third-order valence-corrected chi connectivity index (χ3v) is 3.77. The minimum absolute atomic E-state index is 0.118. The molecule has 0 aliphatic rings. The van der Waals surface area contributed by atoms with E-state index in [4.69, 9.17) is 9.15 Å². The van der Waals surface area contributed by atoms with Gasteiger partial charge in [0.2, 0.25) is 10.0 Å². The van der Waals surface area contributed by atoms with Crippen LogP contribution in [0.25, 0.3) is 0 Å². The second-order valence-corrected chi connectivity index (χ2v) is 5.35. The van der Waals surface area contributed by atoms with Crippen LogP contribution in [0.15, 0.2) is 52.0 Å². The summed E-state index contributed by atoms with van der Waals surface area (Å²) in [6.07, 6.45) is 1.50. The van der Waals surface area contributed by atoms with E-state index < -0.39 is 10.0 Å². The van der Waals surface area contributed by atoms with E-state index in [9.17, 15) is 8.42 Å². The van der Waals surface area contributed by atoms with Crippen LogP contribution in [0.3, 0.4) is 0 Å². The number of hydrogen-bond donors (Lipinski definition) is 1. The lowest BCUT2D eigenvalue weighted by Crippen LogP contribution is -2.22. The summed E-state index contributed by atoms with van der Waals surface area (Å²) >= 11 is 0. The summed E-state index contributed by atoms with van der Waals surface area (Å²) in [7, 11) is -2.07. The summed E-state index contributed by atoms with van der Waals surface area (Å²) in [5.41, 5.74) is 0. The van der Waals surface area contributed by atoms with Gasteiger partial charge in [-0.15, -0.1) is 0 Å². The van der Waals surface area contributed by atoms with Gasteiger partial charge in [0.1, 0.15) is 11.5 Å². The van der Waals surface area contributed by atoms with Gasteiger partial charge in [-0.1, -0.05) is 6.07 Å². The molecule has 0 atom stereocenters. The van der Waals surface area contributed by atoms with Gasteiger partial charge in [-0.3, -0.25) is 0 Å². The highest BCUT2D eigenvalue weighted by atomic mass is 32.2. The molecule has 2 rings (SSSR count). The Hall–Kier alpha value is -1.79. The van der Waals surface area contributed by atoms with Crippen LogP contribution >= 0.6 is 0 Å². The number of benzene rings is 1. The van der Waals surface area contributed by atoms with Crippen LogP contribution in [0.4, 0.5) is 0 Å². The number of rotatable bonds is 5. The smallest absolute Gasteiger partial charge is 0.241 e. The minimum atomic E-state index is -3.56. The van der Waals surface area contributed by atoms with Gasteiger partial charge in [0.05, 0.1) is 24.8 Å². The molecule has 96 valence electrons. The Labute approximate surface area is 105 Å². The van der Waals surface area contributed by atoms with E-state index in [1.807, 2.05) is 0 Å². The van der Waals surface area contributed by atoms with Gasteiger partial charge in [0.15, 0.2) is 0 Å². The Morgan fingerprint density at radius 2 is 2.11 bits per heavy atom. The van der Waals surface area contributed by atoms with Crippen molar-refractivity contribution in [2.45, 2.75) is 11.4 Å². The molecule has 0 saturated heterocycles. The predicted molar refractivity (Wildman–Crippen MR) is 65.7 cm³/mol. The first-order chi connectivity index (χ1) is 8.62. The molecular formula is C12H13NO4S. The van der Waals surface area contributed by atoms with Crippen molar-refractivity contribution >= 4 is 10.0 Å². The Bertz CT molecular complexity index is 605. The van der Waals surface area contributed by atoms with Crippen LogP contribution in [-0.4, -0.2) is 15.5 Å². The molecule has 0 unspecified atom stereocenters. The van der Waals surface area contributed by atoms with E-state index in [2.05, 4.69) is 4.72 Å². The average Bonchev–Trinajstić information content (AvgIpc) is 2.90. The quantitative estimate of drug-likeness (QED) is 0.896. The van der Waals surface area contributed by atoms with Crippen LogP contribution in [0, 0.1) is 0 Å². The van der Waals surface area contributed by atoms with Crippen molar-refractivity contribution in [2.24, 2.45) is 0 Å². The standard InChI is InChI=1S/C12H13NO4S/c1-16-10-4-2-6-12(8-10)18(14,15)13-9-11-5-3-7-17-11/h2-8,13H,9H2,1H3. The first kappa shape index (κ1) is 12.7. The van der Waals surface area contributed by atoms with Gasteiger partial charge in [0, 0.05) is 6.07 Å². The molecule has 6 heteroatoms. The van der Waals surface area contributed by atoms with Crippen LogP contribution in [0.5, 0.6) is 5.75 Å². The Morgan fingerprint density at radius 1 is 1.28 bits per heavy atom. The van der Waals surface area contributed by atoms with Crippen molar-refractivity contribution in [3.63, 3.8) is 0 Å². The summed E-state index contributed by atoms with van der Waals surface area (Å²) in [5.74, 6) is 1.05. The molecule has 1 heterocycles. The van der Waals surface area contributed by atoms with Gasteiger partial charge < -0.3 is 9.15 Å². The molecule has 0 saturated carbocycles. The maximum Gasteiger partial charge on any atom is 0.241 e. The van der Waals surface area contributed by atoms with E-state index in [-0.39, 0.29) is 11.4 Å². The van der Waals surface area contributed by atoms with Gasteiger partial charge in [-0.2, -0.15) is 0 Å². The molecule has 0 amide bonds. The first-order valence-electron chi connectivity index (χ1n) is 5.28. The van der Waals surface area contributed by atoms with Crippen molar-refractivity contribution in [1.82, 2.24) is 4.72 Å². The summed E-state index contributed by atoms with van der Waals surface area (Å²) in [6.45, 7) is 0.118. The fourth-order valence-electron chi connectivity index (χ4n) is 1.43. The second kappa shape index (κ2) is 5.24. The van der Waals surface area contributed by atoms with E-state index in [0.717, 1.165) is 0 Å². The number of nitrogens with one attached hydrogen (secondary N) is 1. The Kier molecular flexibility index (Phi) is 3.69. The normalized spacial score (nSPS) is 11.4. The maximum absolute atomic E-state index is 12.0. The second-order valence-electron chi connectivity index (χ2n) is 3.58. The van der Waals surface area contributed by atoms with Gasteiger partial charge >= 0.3 is 0 Å². The molecule has 0 aliphatic carbocycles. The number of furan rings is 1. The van der Waals surface area contributed by atoms with Gasteiger partial charge in [-0.25, -0.2) is 13.1 Å². The van der Waals surface area contributed by atoms with E-state index in [0.29, 0.717) is 11.5 Å². The SMILES string of the molecule is COc1cccc(S(=O)(=O)NCc2ccco2)c1. The molecule has 1 aromatic carbocycles. The zero-order valence-electron chi connectivity index (χ0n) is 9.79. The number of sulfonamides is 1. The van der Waals surface area contributed by atoms with E-state index in [1.54, 1.807) is 24.3 Å². The molecule has 0 aliphatic heterocycles. The highest BCUT2D eigenvalue weighted by molar-refractivity contribution is 7.89. The molecular weight excluding hydrogens is 254 g/mol. The van der Waals surface area contributed by atoms with Gasteiger partial charge in [-0.05, 0) is 24.3 Å². The molecule has 1 aromatic heterocycles. The molecule has 0 radical (unpaired) electrons. The molecule has 0 spiro atoms. The van der Waals surface area contributed by atoms with Gasteiger partial charge in [0.25, 0.3) is 0 Å². The Morgan fingerprint density at radius 3 is 2.78 bits per heavy atom. The van der Waals surface area contributed by atoms with E-state index >= 15 is 0 Å².